The van der Waals surface area contributed by atoms with Gasteiger partial charge in [-0.25, -0.2) is 9.97 Å². The lowest BCUT2D eigenvalue weighted by Gasteiger charge is -2.33. The molecule has 0 saturated carbocycles. The third-order valence-corrected chi connectivity index (χ3v) is 6.56. The lowest BCUT2D eigenvalue weighted by Crippen LogP contribution is -2.48. The molecule has 0 aliphatic carbocycles. The van der Waals surface area contributed by atoms with Crippen molar-refractivity contribution in [2.45, 2.75) is 64.5 Å². The molecule has 0 radical (unpaired) electrons. The van der Waals surface area contributed by atoms with Crippen LogP contribution in [0.4, 0.5) is 0 Å². The highest BCUT2D eigenvalue weighted by Gasteiger charge is 2.34. The van der Waals surface area contributed by atoms with Crippen LogP contribution in [0.2, 0.25) is 0 Å². The Morgan fingerprint density at radius 2 is 1.89 bits per heavy atom. The summed E-state index contributed by atoms with van der Waals surface area (Å²) in [6.07, 6.45) is 7.27. The van der Waals surface area contributed by atoms with Crippen LogP contribution in [0.5, 0.6) is 0 Å². The highest BCUT2D eigenvalue weighted by Crippen LogP contribution is 2.27. The van der Waals surface area contributed by atoms with E-state index in [-0.39, 0.29) is 23.8 Å². The van der Waals surface area contributed by atoms with Crippen molar-refractivity contribution in [1.82, 2.24) is 24.7 Å². The maximum atomic E-state index is 13.0. The van der Waals surface area contributed by atoms with Crippen LogP contribution in [0, 0.1) is 0 Å². The standard InChI is InChI=1S/C21H31N5O2/c1-15(24-8-4-3-5-9-24)21(28)26-10-6-17(13-26)20-22-12-18-14-25(16(2)27)11-7-19(18)23-20/h12,15,17H,3-11,13-14H2,1-2H3. The van der Waals surface area contributed by atoms with Gasteiger partial charge in [0.05, 0.1) is 11.7 Å². The molecule has 1 aromatic heterocycles. The van der Waals surface area contributed by atoms with E-state index >= 15 is 0 Å². The molecule has 4 heterocycles. The number of likely N-dealkylation sites (tertiary alicyclic amines) is 2. The molecule has 0 spiro atoms. The zero-order valence-corrected chi connectivity index (χ0v) is 17.1. The number of nitrogens with zero attached hydrogens (tertiary/aromatic N) is 5. The average Bonchev–Trinajstić information content (AvgIpc) is 3.22. The minimum Gasteiger partial charge on any atom is -0.341 e. The van der Waals surface area contributed by atoms with Crippen LogP contribution in [-0.2, 0) is 22.6 Å². The highest BCUT2D eigenvalue weighted by molar-refractivity contribution is 5.81. The van der Waals surface area contributed by atoms with Crippen LogP contribution in [0.3, 0.4) is 0 Å². The summed E-state index contributed by atoms with van der Waals surface area (Å²) in [5.41, 5.74) is 2.11. The zero-order chi connectivity index (χ0) is 19.7. The maximum Gasteiger partial charge on any atom is 0.239 e. The first kappa shape index (κ1) is 19.3. The summed E-state index contributed by atoms with van der Waals surface area (Å²) in [5.74, 6) is 1.42. The fraction of sp³-hybridized carbons (Fsp3) is 0.714. The van der Waals surface area contributed by atoms with Crippen LogP contribution >= 0.6 is 0 Å². The predicted octanol–water partition coefficient (Wildman–Crippen LogP) is 1.57. The molecule has 28 heavy (non-hydrogen) atoms. The Hall–Kier alpha value is -2.02. The van der Waals surface area contributed by atoms with Crippen molar-refractivity contribution in [3.63, 3.8) is 0 Å². The van der Waals surface area contributed by atoms with Crippen molar-refractivity contribution >= 4 is 11.8 Å². The second kappa shape index (κ2) is 8.15. The van der Waals surface area contributed by atoms with Gasteiger partial charge in [-0.05, 0) is 39.3 Å². The van der Waals surface area contributed by atoms with Crippen molar-refractivity contribution in [3.8, 4) is 0 Å². The lowest BCUT2D eigenvalue weighted by atomic mass is 10.0. The SMILES string of the molecule is CC(=O)N1CCc2nc(C3CCN(C(=O)C(C)N4CCCCC4)C3)ncc2C1. The highest BCUT2D eigenvalue weighted by atomic mass is 16.2. The Labute approximate surface area is 167 Å². The quantitative estimate of drug-likeness (QED) is 0.790. The summed E-state index contributed by atoms with van der Waals surface area (Å²) in [6, 6.07) is -0.0268. The fourth-order valence-electron chi connectivity index (χ4n) is 4.69. The number of hydrogen-bond donors (Lipinski definition) is 0. The second-order valence-electron chi connectivity index (χ2n) is 8.43. The number of carbonyl (C=O) groups is 2. The first-order valence-corrected chi connectivity index (χ1v) is 10.7. The van der Waals surface area contributed by atoms with Gasteiger partial charge in [-0.1, -0.05) is 6.42 Å². The molecule has 0 bridgehead atoms. The van der Waals surface area contributed by atoms with Gasteiger partial charge in [-0.15, -0.1) is 0 Å². The molecular formula is C21H31N5O2. The number of fused-ring (bicyclic) bond motifs is 1. The van der Waals surface area contributed by atoms with Gasteiger partial charge in [-0.2, -0.15) is 0 Å². The number of hydrogen-bond acceptors (Lipinski definition) is 5. The van der Waals surface area contributed by atoms with Gasteiger partial charge >= 0.3 is 0 Å². The Morgan fingerprint density at radius 3 is 2.64 bits per heavy atom. The van der Waals surface area contributed by atoms with E-state index in [0.717, 1.165) is 62.6 Å². The second-order valence-corrected chi connectivity index (χ2v) is 8.43. The van der Waals surface area contributed by atoms with E-state index in [1.54, 1.807) is 6.92 Å². The van der Waals surface area contributed by atoms with Gasteiger partial charge in [0, 0.05) is 57.2 Å². The number of amides is 2. The first-order chi connectivity index (χ1) is 13.5. The topological polar surface area (TPSA) is 69.6 Å². The Kier molecular flexibility index (Phi) is 5.62. The van der Waals surface area contributed by atoms with Gasteiger partial charge in [0.25, 0.3) is 0 Å². The van der Waals surface area contributed by atoms with Gasteiger partial charge in [0.15, 0.2) is 0 Å². The summed E-state index contributed by atoms with van der Waals surface area (Å²) >= 11 is 0. The van der Waals surface area contributed by atoms with E-state index in [0.29, 0.717) is 6.54 Å². The normalized spacial score (nSPS) is 24.1. The number of aromatic nitrogens is 2. The molecule has 4 rings (SSSR count). The minimum atomic E-state index is -0.0268. The van der Waals surface area contributed by atoms with Crippen LogP contribution in [0.15, 0.2) is 6.20 Å². The van der Waals surface area contributed by atoms with Gasteiger partial charge < -0.3 is 9.80 Å². The molecular weight excluding hydrogens is 354 g/mol. The van der Waals surface area contributed by atoms with Crippen LogP contribution in [0.25, 0.3) is 0 Å². The molecule has 152 valence electrons. The van der Waals surface area contributed by atoms with Crippen LogP contribution in [0.1, 0.15) is 62.5 Å². The average molecular weight is 386 g/mol. The molecule has 2 fully saturated rings. The number of piperidine rings is 1. The van der Waals surface area contributed by atoms with Crippen LogP contribution in [-0.4, -0.2) is 75.2 Å². The van der Waals surface area contributed by atoms with Crippen molar-refractivity contribution in [1.29, 1.82) is 0 Å². The van der Waals surface area contributed by atoms with E-state index in [1.807, 2.05) is 16.0 Å². The number of carbonyl (C=O) groups excluding carboxylic acids is 2. The summed E-state index contributed by atoms with van der Waals surface area (Å²) in [5, 5.41) is 0. The Morgan fingerprint density at radius 1 is 1.11 bits per heavy atom. The molecule has 7 heteroatoms. The molecule has 2 atom stereocenters. The monoisotopic (exact) mass is 385 g/mol. The van der Waals surface area contributed by atoms with E-state index in [2.05, 4.69) is 16.8 Å². The molecule has 3 aliphatic heterocycles. The molecule has 2 saturated heterocycles. The van der Waals surface area contributed by atoms with Crippen molar-refractivity contribution in [2.24, 2.45) is 0 Å². The molecule has 0 N–H and O–H groups in total. The van der Waals surface area contributed by atoms with Gasteiger partial charge in [0.1, 0.15) is 5.82 Å². The molecule has 7 nitrogen and oxygen atoms in total. The first-order valence-electron chi connectivity index (χ1n) is 10.7. The molecule has 1 aromatic rings. The number of rotatable bonds is 3. The van der Waals surface area contributed by atoms with Crippen LogP contribution < -0.4 is 0 Å². The van der Waals surface area contributed by atoms with Crippen molar-refractivity contribution in [3.05, 3.63) is 23.3 Å². The zero-order valence-electron chi connectivity index (χ0n) is 17.1. The summed E-state index contributed by atoms with van der Waals surface area (Å²) in [7, 11) is 0. The smallest absolute Gasteiger partial charge is 0.239 e. The summed E-state index contributed by atoms with van der Waals surface area (Å²) in [4.78, 5) is 40.1. The fourth-order valence-corrected chi connectivity index (χ4v) is 4.69. The summed E-state index contributed by atoms with van der Waals surface area (Å²) < 4.78 is 0. The van der Waals surface area contributed by atoms with E-state index < -0.39 is 0 Å². The molecule has 3 aliphatic rings. The summed E-state index contributed by atoms with van der Waals surface area (Å²) in [6.45, 7) is 8.57. The third kappa shape index (κ3) is 3.90. The maximum absolute atomic E-state index is 13.0. The van der Waals surface area contributed by atoms with Crippen molar-refractivity contribution in [2.75, 3.05) is 32.7 Å². The minimum absolute atomic E-state index is 0.0268. The van der Waals surface area contributed by atoms with Gasteiger partial charge in [-0.3, -0.25) is 14.5 Å². The Balaban J connectivity index is 1.39. The Bertz CT molecular complexity index is 746. The third-order valence-electron chi connectivity index (χ3n) is 6.56. The van der Waals surface area contributed by atoms with Crippen molar-refractivity contribution < 1.29 is 9.59 Å². The van der Waals surface area contributed by atoms with E-state index in [1.165, 1.54) is 19.3 Å². The van der Waals surface area contributed by atoms with E-state index in [9.17, 15) is 9.59 Å². The molecule has 0 aromatic carbocycles. The lowest BCUT2D eigenvalue weighted by molar-refractivity contribution is -0.135. The molecule has 2 unspecified atom stereocenters. The van der Waals surface area contributed by atoms with E-state index in [4.69, 9.17) is 4.98 Å². The predicted molar refractivity (Wildman–Crippen MR) is 106 cm³/mol. The van der Waals surface area contributed by atoms with Gasteiger partial charge in [0.2, 0.25) is 11.8 Å². The largest absolute Gasteiger partial charge is 0.341 e. The molecule has 2 amide bonds.